The Morgan fingerprint density at radius 1 is 1.47 bits per heavy atom. The number of amides is 2. The van der Waals surface area contributed by atoms with Crippen LogP contribution in [0.1, 0.15) is 11.6 Å². The standard InChI is InChI=1S/C13H17N2OS/c1-2-14-13(16)15-8-9-17-10-12(15)11-6-4-3-5-7-11/h3-7,12H,1-2,8-10H2,(H,14,16)/t12-/m1/s1. The van der Waals surface area contributed by atoms with Crippen molar-refractivity contribution < 1.29 is 4.79 Å². The van der Waals surface area contributed by atoms with Gasteiger partial charge in [0.15, 0.2) is 0 Å². The summed E-state index contributed by atoms with van der Waals surface area (Å²) >= 11 is 1.90. The molecule has 0 spiro atoms. The molecule has 1 aromatic rings. The van der Waals surface area contributed by atoms with E-state index >= 15 is 0 Å². The van der Waals surface area contributed by atoms with Crippen LogP contribution in [-0.4, -0.2) is 35.5 Å². The molecule has 1 heterocycles. The maximum absolute atomic E-state index is 11.9. The Bertz CT molecular complexity index is 369. The van der Waals surface area contributed by atoms with Gasteiger partial charge in [-0.05, 0) is 12.5 Å². The minimum Gasteiger partial charge on any atom is -0.338 e. The van der Waals surface area contributed by atoms with E-state index in [2.05, 4.69) is 24.4 Å². The van der Waals surface area contributed by atoms with Crippen LogP contribution in [0.5, 0.6) is 0 Å². The fourth-order valence-corrected chi connectivity index (χ4v) is 3.09. The van der Waals surface area contributed by atoms with Crippen LogP contribution in [0.3, 0.4) is 0 Å². The molecule has 1 fully saturated rings. The monoisotopic (exact) mass is 249 g/mol. The van der Waals surface area contributed by atoms with E-state index in [9.17, 15) is 4.79 Å². The number of urea groups is 1. The summed E-state index contributed by atoms with van der Waals surface area (Å²) in [6, 6.07) is 10.4. The summed E-state index contributed by atoms with van der Waals surface area (Å²) in [5, 5.41) is 2.78. The van der Waals surface area contributed by atoms with Crippen LogP contribution in [-0.2, 0) is 0 Å². The van der Waals surface area contributed by atoms with Gasteiger partial charge in [-0.15, -0.1) is 0 Å². The summed E-state index contributed by atoms with van der Waals surface area (Å²) in [4.78, 5) is 13.9. The van der Waals surface area contributed by atoms with Crippen molar-refractivity contribution in [3.8, 4) is 0 Å². The van der Waals surface area contributed by atoms with Crippen molar-refractivity contribution in [2.75, 3.05) is 24.6 Å². The number of nitrogens with one attached hydrogen (secondary N) is 1. The number of thioether (sulfide) groups is 1. The zero-order chi connectivity index (χ0) is 12.1. The number of benzene rings is 1. The summed E-state index contributed by atoms with van der Waals surface area (Å²) in [5.41, 5.74) is 1.21. The highest BCUT2D eigenvalue weighted by Crippen LogP contribution is 2.29. The van der Waals surface area contributed by atoms with Crippen molar-refractivity contribution in [2.24, 2.45) is 0 Å². The van der Waals surface area contributed by atoms with E-state index in [-0.39, 0.29) is 12.1 Å². The highest BCUT2D eigenvalue weighted by molar-refractivity contribution is 7.99. The second-order valence-corrected chi connectivity index (χ2v) is 5.08. The van der Waals surface area contributed by atoms with E-state index in [1.165, 1.54) is 5.56 Å². The smallest absolute Gasteiger partial charge is 0.317 e. The van der Waals surface area contributed by atoms with E-state index in [1.54, 1.807) is 0 Å². The minimum atomic E-state index is -0.00541. The average molecular weight is 249 g/mol. The number of rotatable bonds is 2. The molecule has 0 saturated carbocycles. The van der Waals surface area contributed by atoms with E-state index in [1.807, 2.05) is 34.9 Å². The Hall–Kier alpha value is -1.16. The minimum absolute atomic E-state index is 0.00541. The van der Waals surface area contributed by atoms with Crippen LogP contribution < -0.4 is 5.32 Å². The fourth-order valence-electron chi connectivity index (χ4n) is 2.01. The Morgan fingerprint density at radius 3 is 2.94 bits per heavy atom. The van der Waals surface area contributed by atoms with Gasteiger partial charge in [-0.1, -0.05) is 30.3 Å². The molecular formula is C13H17N2OS. The van der Waals surface area contributed by atoms with E-state index in [0.717, 1.165) is 18.1 Å². The van der Waals surface area contributed by atoms with Gasteiger partial charge in [0.05, 0.1) is 6.04 Å². The molecule has 1 saturated heterocycles. The molecule has 1 radical (unpaired) electrons. The Balaban J connectivity index is 2.15. The third kappa shape index (κ3) is 2.94. The molecule has 1 aromatic carbocycles. The Labute approximate surface area is 107 Å². The van der Waals surface area contributed by atoms with Crippen molar-refractivity contribution in [3.63, 3.8) is 0 Å². The van der Waals surface area contributed by atoms with E-state index < -0.39 is 0 Å². The first kappa shape index (κ1) is 12.3. The van der Waals surface area contributed by atoms with Gasteiger partial charge < -0.3 is 10.2 Å². The molecule has 1 aliphatic rings. The van der Waals surface area contributed by atoms with Gasteiger partial charge in [0.2, 0.25) is 0 Å². The number of hydrogen-bond donors (Lipinski definition) is 1. The van der Waals surface area contributed by atoms with Crippen molar-refractivity contribution in [2.45, 2.75) is 6.04 Å². The quantitative estimate of drug-likeness (QED) is 0.872. The summed E-state index contributed by atoms with van der Waals surface area (Å²) in [5.74, 6) is 1.97. The molecule has 0 aliphatic carbocycles. The second kappa shape index (κ2) is 5.96. The molecule has 91 valence electrons. The topological polar surface area (TPSA) is 32.3 Å². The molecule has 4 heteroatoms. The number of carbonyl (C=O) groups excluding carboxylic acids is 1. The maximum Gasteiger partial charge on any atom is 0.317 e. The lowest BCUT2D eigenvalue weighted by Crippen LogP contribution is -2.46. The second-order valence-electron chi connectivity index (χ2n) is 3.93. The average Bonchev–Trinajstić information content (AvgIpc) is 2.40. The third-order valence-corrected chi connectivity index (χ3v) is 3.87. The van der Waals surface area contributed by atoms with Crippen LogP contribution >= 0.6 is 11.8 Å². The molecule has 0 unspecified atom stereocenters. The van der Waals surface area contributed by atoms with Crippen LogP contribution in [0.4, 0.5) is 4.79 Å². The first-order valence-corrected chi connectivity index (χ1v) is 6.95. The summed E-state index contributed by atoms with van der Waals surface area (Å²) in [6.45, 7) is 4.89. The van der Waals surface area contributed by atoms with Gasteiger partial charge >= 0.3 is 6.03 Å². The van der Waals surface area contributed by atoms with Crippen LogP contribution in [0.15, 0.2) is 30.3 Å². The Kier molecular flexibility index (Phi) is 4.31. The van der Waals surface area contributed by atoms with Gasteiger partial charge in [0.1, 0.15) is 0 Å². The molecule has 1 atom stereocenters. The van der Waals surface area contributed by atoms with Crippen molar-refractivity contribution in [3.05, 3.63) is 42.8 Å². The van der Waals surface area contributed by atoms with Crippen molar-refractivity contribution in [1.29, 1.82) is 0 Å². The maximum atomic E-state index is 11.9. The highest BCUT2D eigenvalue weighted by Gasteiger charge is 2.27. The SMILES string of the molecule is [CH2]CNC(=O)N1CCSC[C@@H]1c1ccccc1. The Morgan fingerprint density at radius 2 is 2.24 bits per heavy atom. The van der Waals surface area contributed by atoms with Gasteiger partial charge in [0.25, 0.3) is 0 Å². The van der Waals surface area contributed by atoms with Crippen LogP contribution in [0.2, 0.25) is 0 Å². The molecule has 2 rings (SSSR count). The van der Waals surface area contributed by atoms with Crippen LogP contribution in [0.25, 0.3) is 0 Å². The molecule has 0 aromatic heterocycles. The lowest BCUT2D eigenvalue weighted by atomic mass is 10.1. The fraction of sp³-hybridized carbons (Fsp3) is 0.385. The highest BCUT2D eigenvalue weighted by atomic mass is 32.2. The normalized spacial score (nSPS) is 20.1. The predicted molar refractivity (Wildman–Crippen MR) is 72.0 cm³/mol. The van der Waals surface area contributed by atoms with Gasteiger partial charge in [-0.25, -0.2) is 4.79 Å². The summed E-state index contributed by atoms with van der Waals surface area (Å²) < 4.78 is 0. The van der Waals surface area contributed by atoms with Crippen molar-refractivity contribution in [1.82, 2.24) is 10.2 Å². The van der Waals surface area contributed by atoms with Crippen LogP contribution in [0, 0.1) is 6.92 Å². The van der Waals surface area contributed by atoms with E-state index in [4.69, 9.17) is 0 Å². The molecule has 1 aliphatic heterocycles. The number of nitrogens with zero attached hydrogens (tertiary/aromatic N) is 1. The molecule has 2 amide bonds. The van der Waals surface area contributed by atoms with Gasteiger partial charge in [-0.2, -0.15) is 11.8 Å². The zero-order valence-corrected chi connectivity index (χ0v) is 10.6. The lowest BCUT2D eigenvalue weighted by molar-refractivity contribution is 0.183. The van der Waals surface area contributed by atoms with E-state index in [0.29, 0.717) is 6.54 Å². The first-order valence-electron chi connectivity index (χ1n) is 5.79. The third-order valence-electron chi connectivity index (χ3n) is 2.85. The number of carbonyl (C=O) groups is 1. The molecular weight excluding hydrogens is 232 g/mol. The van der Waals surface area contributed by atoms with Crippen molar-refractivity contribution >= 4 is 17.8 Å². The lowest BCUT2D eigenvalue weighted by Gasteiger charge is -2.35. The number of hydrogen-bond acceptors (Lipinski definition) is 2. The molecule has 1 N–H and O–H groups in total. The predicted octanol–water partition coefficient (Wildman–Crippen LogP) is 2.32. The summed E-state index contributed by atoms with van der Waals surface area (Å²) in [7, 11) is 0. The first-order chi connectivity index (χ1) is 8.33. The largest absolute Gasteiger partial charge is 0.338 e. The molecule has 0 bridgehead atoms. The summed E-state index contributed by atoms with van der Waals surface area (Å²) in [6.07, 6.45) is 0. The zero-order valence-electron chi connectivity index (χ0n) is 9.76. The molecule has 17 heavy (non-hydrogen) atoms. The molecule has 3 nitrogen and oxygen atoms in total. The van der Waals surface area contributed by atoms with Gasteiger partial charge in [0, 0.05) is 24.6 Å². The van der Waals surface area contributed by atoms with Gasteiger partial charge in [-0.3, -0.25) is 0 Å².